The van der Waals surface area contributed by atoms with Crippen molar-refractivity contribution in [3.8, 4) is 5.75 Å². The number of rotatable bonds is 5. The number of benzene rings is 1. The molecule has 0 saturated carbocycles. The van der Waals surface area contributed by atoms with E-state index in [9.17, 15) is 13.2 Å². The third kappa shape index (κ3) is 2.82. The van der Waals surface area contributed by atoms with E-state index in [1.54, 1.807) is 0 Å². The number of aromatic carboxylic acids is 1. The highest BCUT2D eigenvalue weighted by molar-refractivity contribution is 7.92. The molecule has 0 radical (unpaired) electrons. The number of anilines is 1. The number of methoxy groups -OCH3 is 1. The second-order valence-electron chi connectivity index (χ2n) is 3.96. The molecule has 1 aromatic carbocycles. The Bertz CT molecular complexity index is 750. The van der Waals surface area contributed by atoms with E-state index in [0.29, 0.717) is 5.75 Å². The molecule has 8 nitrogen and oxygen atoms in total. The Morgan fingerprint density at radius 1 is 1.33 bits per heavy atom. The number of nitrogens with zero attached hydrogens (tertiary/aromatic N) is 2. The van der Waals surface area contributed by atoms with E-state index in [-0.39, 0.29) is 10.9 Å². The molecule has 9 heteroatoms. The van der Waals surface area contributed by atoms with E-state index < -0.39 is 21.8 Å². The van der Waals surface area contributed by atoms with Crippen LogP contribution in [0.2, 0.25) is 0 Å². The number of carboxylic acid groups (broad SMARTS) is 1. The average molecular weight is 312 g/mol. The highest BCUT2D eigenvalue weighted by Gasteiger charge is 2.26. The van der Waals surface area contributed by atoms with E-state index in [0.717, 1.165) is 10.5 Å². The van der Waals surface area contributed by atoms with Gasteiger partial charge < -0.3 is 14.3 Å². The summed E-state index contributed by atoms with van der Waals surface area (Å²) < 4.78 is 35.3. The fourth-order valence-electron chi connectivity index (χ4n) is 1.52. The molecule has 0 aliphatic rings. The van der Waals surface area contributed by atoms with Crippen LogP contribution in [0.3, 0.4) is 0 Å². The van der Waals surface area contributed by atoms with E-state index in [4.69, 9.17) is 14.3 Å². The lowest BCUT2D eigenvalue weighted by molar-refractivity contribution is 0.0663. The molecule has 0 spiro atoms. The fraction of sp³-hybridized carbons (Fsp3) is 0.167. The van der Waals surface area contributed by atoms with E-state index in [1.807, 2.05) is 0 Å². The van der Waals surface area contributed by atoms with E-state index >= 15 is 0 Å². The van der Waals surface area contributed by atoms with Crippen molar-refractivity contribution in [2.75, 3.05) is 18.5 Å². The van der Waals surface area contributed by atoms with Crippen LogP contribution in [0.5, 0.6) is 5.75 Å². The molecule has 21 heavy (non-hydrogen) atoms. The summed E-state index contributed by atoms with van der Waals surface area (Å²) in [5, 5.41) is 8.74. The molecule has 0 atom stereocenters. The second-order valence-corrected chi connectivity index (χ2v) is 5.93. The van der Waals surface area contributed by atoms with Gasteiger partial charge in [0.15, 0.2) is 0 Å². The lowest BCUT2D eigenvalue weighted by atomic mass is 10.3. The largest absolute Gasteiger partial charge is 0.497 e. The highest BCUT2D eigenvalue weighted by atomic mass is 32.2. The maximum absolute atomic E-state index is 12.3. The van der Waals surface area contributed by atoms with Gasteiger partial charge in [-0.3, -0.25) is 0 Å². The molecule has 2 rings (SSSR count). The molecule has 112 valence electrons. The molecule has 0 saturated heterocycles. The van der Waals surface area contributed by atoms with Gasteiger partial charge in [-0.1, -0.05) is 0 Å². The topological polar surface area (TPSA) is 110 Å². The van der Waals surface area contributed by atoms with Crippen molar-refractivity contribution in [1.82, 2.24) is 4.98 Å². The molecule has 0 aliphatic heterocycles. The summed E-state index contributed by atoms with van der Waals surface area (Å²) in [6.45, 7) is 0. The Hall–Kier alpha value is -2.55. The van der Waals surface area contributed by atoms with Gasteiger partial charge >= 0.3 is 12.0 Å². The Labute approximate surface area is 120 Å². The normalized spacial score (nSPS) is 11.1. The van der Waals surface area contributed by atoms with Crippen LogP contribution >= 0.6 is 0 Å². The third-order valence-corrected chi connectivity index (χ3v) is 4.44. The lowest BCUT2D eigenvalue weighted by Crippen LogP contribution is -2.26. The standard InChI is InChI=1S/C12H12N2O6S/c1-14(12-13-7-10(20-12)11(15)16)21(17,18)9-5-3-8(19-2)4-6-9/h3-7H,1-2H3,(H,15,16). The van der Waals surface area contributed by atoms with Gasteiger partial charge in [-0.05, 0) is 24.3 Å². The Kier molecular flexibility index (Phi) is 3.85. The summed E-state index contributed by atoms with van der Waals surface area (Å²) in [4.78, 5) is 14.3. The number of carbonyl (C=O) groups is 1. The van der Waals surface area contributed by atoms with Crippen LogP contribution in [-0.2, 0) is 10.0 Å². The smallest absolute Gasteiger partial charge is 0.373 e. The van der Waals surface area contributed by atoms with Crippen LogP contribution < -0.4 is 9.04 Å². The maximum Gasteiger partial charge on any atom is 0.373 e. The van der Waals surface area contributed by atoms with Crippen LogP contribution in [0.15, 0.2) is 39.8 Å². The van der Waals surface area contributed by atoms with Crippen LogP contribution in [0.25, 0.3) is 0 Å². The molecule has 0 aliphatic carbocycles. The van der Waals surface area contributed by atoms with Crippen molar-refractivity contribution in [1.29, 1.82) is 0 Å². The number of hydrogen-bond donors (Lipinski definition) is 1. The molecule has 0 bridgehead atoms. The second kappa shape index (κ2) is 5.44. The summed E-state index contributed by atoms with van der Waals surface area (Å²) in [6.07, 6.45) is 0.942. The number of ether oxygens (including phenoxy) is 1. The number of hydrogen-bond acceptors (Lipinski definition) is 6. The quantitative estimate of drug-likeness (QED) is 0.883. The monoisotopic (exact) mass is 312 g/mol. The van der Waals surface area contributed by atoms with Crippen LogP contribution in [0.4, 0.5) is 6.01 Å². The zero-order chi connectivity index (χ0) is 15.6. The first-order valence-corrected chi connectivity index (χ1v) is 7.12. The Morgan fingerprint density at radius 3 is 2.43 bits per heavy atom. The summed E-state index contributed by atoms with van der Waals surface area (Å²) in [6, 6.07) is 5.40. The molecule has 0 fully saturated rings. The predicted octanol–water partition coefficient (Wildman–Crippen LogP) is 1.21. The van der Waals surface area contributed by atoms with Gasteiger partial charge in [0.05, 0.1) is 18.2 Å². The van der Waals surface area contributed by atoms with Crippen LogP contribution in [-0.4, -0.2) is 38.6 Å². The minimum atomic E-state index is -3.90. The zero-order valence-corrected chi connectivity index (χ0v) is 12.0. The molecular weight excluding hydrogens is 300 g/mol. The van der Waals surface area contributed by atoms with Crippen LogP contribution in [0, 0.1) is 0 Å². The SMILES string of the molecule is COc1ccc(S(=O)(=O)N(C)c2ncc(C(=O)O)o2)cc1. The fourth-order valence-corrected chi connectivity index (χ4v) is 2.60. The predicted molar refractivity (Wildman–Crippen MR) is 72.0 cm³/mol. The first-order valence-electron chi connectivity index (χ1n) is 5.68. The van der Waals surface area contributed by atoms with Crippen molar-refractivity contribution in [2.45, 2.75) is 4.90 Å². The van der Waals surface area contributed by atoms with Crippen molar-refractivity contribution >= 4 is 22.0 Å². The van der Waals surface area contributed by atoms with Gasteiger partial charge in [0.25, 0.3) is 10.0 Å². The summed E-state index contributed by atoms with van der Waals surface area (Å²) in [7, 11) is -1.21. The minimum Gasteiger partial charge on any atom is -0.497 e. The average Bonchev–Trinajstić information content (AvgIpc) is 2.96. The first-order chi connectivity index (χ1) is 9.86. The highest BCUT2D eigenvalue weighted by Crippen LogP contribution is 2.23. The number of sulfonamides is 1. The third-order valence-electron chi connectivity index (χ3n) is 2.69. The van der Waals surface area contributed by atoms with Crippen molar-refractivity contribution in [3.63, 3.8) is 0 Å². The van der Waals surface area contributed by atoms with Crippen molar-refractivity contribution in [3.05, 3.63) is 36.2 Å². The molecule has 0 unspecified atom stereocenters. The Balaban J connectivity index is 2.34. The lowest BCUT2D eigenvalue weighted by Gasteiger charge is -2.15. The van der Waals surface area contributed by atoms with Gasteiger partial charge in [0.1, 0.15) is 5.75 Å². The molecule has 1 aromatic heterocycles. The molecule has 1 N–H and O–H groups in total. The van der Waals surface area contributed by atoms with Gasteiger partial charge in [0.2, 0.25) is 5.76 Å². The zero-order valence-electron chi connectivity index (χ0n) is 11.2. The molecular formula is C12H12N2O6S. The summed E-state index contributed by atoms with van der Waals surface area (Å²) in [5.74, 6) is -1.26. The van der Waals surface area contributed by atoms with E-state index in [1.165, 1.54) is 38.4 Å². The summed E-state index contributed by atoms with van der Waals surface area (Å²) in [5.41, 5.74) is 0. The first kappa shape index (κ1) is 14.9. The van der Waals surface area contributed by atoms with Gasteiger partial charge in [-0.25, -0.2) is 22.5 Å². The maximum atomic E-state index is 12.3. The Morgan fingerprint density at radius 2 is 1.95 bits per heavy atom. The van der Waals surface area contributed by atoms with Crippen molar-refractivity contribution in [2.24, 2.45) is 0 Å². The van der Waals surface area contributed by atoms with E-state index in [2.05, 4.69) is 4.98 Å². The number of carboxylic acids is 1. The molecule has 1 heterocycles. The van der Waals surface area contributed by atoms with Gasteiger partial charge in [-0.2, -0.15) is 0 Å². The number of oxazole rings is 1. The summed E-state index contributed by atoms with van der Waals surface area (Å²) >= 11 is 0. The van der Waals surface area contributed by atoms with Gasteiger partial charge in [-0.15, -0.1) is 0 Å². The van der Waals surface area contributed by atoms with Gasteiger partial charge in [0, 0.05) is 7.05 Å². The molecule has 2 aromatic rings. The molecule has 0 amide bonds. The number of aromatic nitrogens is 1. The van der Waals surface area contributed by atoms with Crippen molar-refractivity contribution < 1.29 is 27.5 Å². The van der Waals surface area contributed by atoms with Crippen LogP contribution in [0.1, 0.15) is 10.6 Å². The minimum absolute atomic E-state index is 0.000810.